The van der Waals surface area contributed by atoms with Gasteiger partial charge in [-0.3, -0.25) is 0 Å². The van der Waals surface area contributed by atoms with Crippen LogP contribution in [0.1, 0.15) is 12.5 Å². The van der Waals surface area contributed by atoms with E-state index in [1.165, 1.54) is 6.07 Å². The summed E-state index contributed by atoms with van der Waals surface area (Å²) < 4.78 is 0.494. The van der Waals surface area contributed by atoms with E-state index in [1.54, 1.807) is 0 Å². The highest BCUT2D eigenvalue weighted by Crippen LogP contribution is 2.59. The van der Waals surface area contributed by atoms with Gasteiger partial charge in [0.1, 0.15) is 29.2 Å². The third-order valence-electron chi connectivity index (χ3n) is 2.47. The Morgan fingerprint density at radius 1 is 1.22 bits per heavy atom. The Balaban J connectivity index is 2.59. The number of phenols is 2. The van der Waals surface area contributed by atoms with Crippen LogP contribution in [0.15, 0.2) is 25.7 Å². The average molecular weight is 276 g/mol. The van der Waals surface area contributed by atoms with Gasteiger partial charge in [-0.1, -0.05) is 30.4 Å². The van der Waals surface area contributed by atoms with Gasteiger partial charge in [-0.15, -0.1) is 0 Å². The van der Waals surface area contributed by atoms with Crippen LogP contribution in [0.5, 0.6) is 11.5 Å². The number of thioether (sulfide) groups is 2. The number of benzene rings is 1. The molecule has 0 aliphatic carbocycles. The molecule has 0 amide bonds. The van der Waals surface area contributed by atoms with Gasteiger partial charge in [0.2, 0.25) is 0 Å². The van der Waals surface area contributed by atoms with E-state index >= 15 is 0 Å². The molecule has 0 aromatic heterocycles. The first-order valence-electron chi connectivity index (χ1n) is 5.10. The Morgan fingerprint density at radius 2 is 1.83 bits per heavy atom. The van der Waals surface area contributed by atoms with Gasteiger partial charge in [0.25, 0.3) is 0 Å². The molecule has 1 aromatic rings. The average Bonchev–Trinajstić information content (AvgIpc) is 2.81. The Hall–Kier alpha value is -1.76. The maximum atomic E-state index is 10.0. The minimum atomic E-state index is -0.00181. The zero-order valence-electron chi connectivity index (χ0n) is 9.39. The fraction of sp³-hybridized carbons (Fsp3) is 0.167. The van der Waals surface area contributed by atoms with Crippen LogP contribution < -0.4 is 0 Å². The van der Waals surface area contributed by atoms with Gasteiger partial charge >= 0.3 is 0 Å². The first kappa shape index (κ1) is 12.7. The number of phenolic OH excluding ortho intramolecular Hbond substituents is 2. The molecule has 0 unspecified atom stereocenters. The van der Waals surface area contributed by atoms with Crippen LogP contribution in [0.4, 0.5) is 0 Å². The maximum absolute atomic E-state index is 10.0. The molecule has 0 radical (unpaired) electrons. The second kappa shape index (κ2) is 4.85. The predicted molar refractivity (Wildman–Crippen MR) is 69.1 cm³/mol. The van der Waals surface area contributed by atoms with Crippen LogP contribution in [0.3, 0.4) is 0 Å². The standard InChI is InChI=1S/C12H8N2O2S2/c1-2-6-3-8(15)10-11(9(6)16)18-12(17-10)7(4-13)5-14/h3,15-16H,2H2,1H3. The van der Waals surface area contributed by atoms with E-state index in [0.29, 0.717) is 26.0 Å². The highest BCUT2D eigenvalue weighted by atomic mass is 32.2. The molecule has 1 aliphatic rings. The monoisotopic (exact) mass is 276 g/mol. The zero-order valence-corrected chi connectivity index (χ0v) is 11.0. The van der Waals surface area contributed by atoms with E-state index in [-0.39, 0.29) is 17.1 Å². The topological polar surface area (TPSA) is 88.0 Å². The summed E-state index contributed by atoms with van der Waals surface area (Å²) in [6.45, 7) is 1.88. The number of hydrogen-bond acceptors (Lipinski definition) is 6. The molecule has 2 N–H and O–H groups in total. The van der Waals surface area contributed by atoms with Gasteiger partial charge in [0.15, 0.2) is 0 Å². The van der Waals surface area contributed by atoms with Crippen molar-refractivity contribution >= 4 is 23.5 Å². The smallest absolute Gasteiger partial charge is 0.150 e. The predicted octanol–water partition coefficient (Wildman–Crippen LogP) is 3.12. The molecule has 90 valence electrons. The number of aryl methyl sites for hydroxylation is 1. The Labute approximate surface area is 113 Å². The van der Waals surface area contributed by atoms with E-state index in [2.05, 4.69) is 0 Å². The molecule has 0 fully saturated rings. The molecule has 0 saturated carbocycles. The van der Waals surface area contributed by atoms with E-state index < -0.39 is 0 Å². The fourth-order valence-electron chi connectivity index (χ4n) is 1.56. The van der Waals surface area contributed by atoms with Crippen molar-refractivity contribution < 1.29 is 10.2 Å². The molecule has 0 bridgehead atoms. The SMILES string of the molecule is CCc1cc(O)c2c(c1O)SC(=C(C#N)C#N)S2. The van der Waals surface area contributed by atoms with Crippen LogP contribution in [-0.4, -0.2) is 10.2 Å². The molecular formula is C12H8N2O2S2. The van der Waals surface area contributed by atoms with Crippen LogP contribution >= 0.6 is 23.5 Å². The maximum Gasteiger partial charge on any atom is 0.150 e. The summed E-state index contributed by atoms with van der Waals surface area (Å²) in [6.07, 6.45) is 0.598. The summed E-state index contributed by atoms with van der Waals surface area (Å²) in [5, 5.41) is 37.6. The lowest BCUT2D eigenvalue weighted by atomic mass is 10.1. The van der Waals surface area contributed by atoms with Gasteiger partial charge in [-0.25, -0.2) is 0 Å². The molecule has 6 heteroatoms. The molecule has 18 heavy (non-hydrogen) atoms. The van der Waals surface area contributed by atoms with E-state index in [0.717, 1.165) is 23.5 Å². The Morgan fingerprint density at radius 3 is 2.39 bits per heavy atom. The third kappa shape index (κ3) is 1.90. The van der Waals surface area contributed by atoms with Gasteiger partial charge in [-0.05, 0) is 18.1 Å². The van der Waals surface area contributed by atoms with E-state index in [9.17, 15) is 10.2 Å². The summed E-state index contributed by atoms with van der Waals surface area (Å²) in [6, 6.07) is 5.14. The van der Waals surface area contributed by atoms with Crippen molar-refractivity contribution in [1.82, 2.24) is 0 Å². The van der Waals surface area contributed by atoms with Crippen LogP contribution in [0, 0.1) is 22.7 Å². The zero-order chi connectivity index (χ0) is 13.3. The van der Waals surface area contributed by atoms with Crippen molar-refractivity contribution in [3.8, 4) is 23.6 Å². The van der Waals surface area contributed by atoms with Crippen LogP contribution in [-0.2, 0) is 6.42 Å². The summed E-state index contributed by atoms with van der Waals surface area (Å²) in [7, 11) is 0. The van der Waals surface area contributed by atoms with Gasteiger partial charge in [0.05, 0.1) is 14.0 Å². The number of hydrogen-bond donors (Lipinski definition) is 2. The third-order valence-corrected chi connectivity index (χ3v) is 5.09. The molecule has 4 nitrogen and oxygen atoms in total. The molecule has 0 spiro atoms. The quantitative estimate of drug-likeness (QED) is 0.605. The summed E-state index contributed by atoms with van der Waals surface area (Å²) in [4.78, 5) is 1.03. The number of aromatic hydroxyl groups is 2. The second-order valence-electron chi connectivity index (χ2n) is 3.51. The van der Waals surface area contributed by atoms with Crippen LogP contribution in [0.2, 0.25) is 0 Å². The summed E-state index contributed by atoms with van der Waals surface area (Å²) >= 11 is 2.29. The number of rotatable bonds is 1. The number of allylic oxidation sites excluding steroid dienone is 1. The highest BCUT2D eigenvalue weighted by molar-refractivity contribution is 8.24. The molecule has 0 saturated heterocycles. The van der Waals surface area contributed by atoms with Crippen molar-refractivity contribution in [3.05, 3.63) is 21.4 Å². The molecule has 1 heterocycles. The fourth-order valence-corrected chi connectivity index (χ4v) is 4.01. The number of fused-ring (bicyclic) bond motifs is 1. The summed E-state index contributed by atoms with van der Waals surface area (Å²) in [5.41, 5.74) is 0.647. The second-order valence-corrected chi connectivity index (χ2v) is 5.81. The molecular weight excluding hydrogens is 268 g/mol. The lowest BCUT2D eigenvalue weighted by molar-refractivity contribution is 0.430. The van der Waals surface area contributed by atoms with Crippen LogP contribution in [0.25, 0.3) is 0 Å². The molecule has 2 rings (SSSR count). The van der Waals surface area contributed by atoms with Gasteiger partial charge < -0.3 is 10.2 Å². The van der Waals surface area contributed by atoms with Crippen molar-refractivity contribution in [2.75, 3.05) is 0 Å². The van der Waals surface area contributed by atoms with Crippen molar-refractivity contribution in [2.24, 2.45) is 0 Å². The number of nitrogens with zero attached hydrogens (tertiary/aromatic N) is 2. The first-order valence-corrected chi connectivity index (χ1v) is 6.73. The Bertz CT molecular complexity index is 623. The lowest BCUT2D eigenvalue weighted by Crippen LogP contribution is -1.85. The number of nitriles is 2. The molecule has 1 aromatic carbocycles. The minimum absolute atomic E-state index is 0.00181. The van der Waals surface area contributed by atoms with Gasteiger partial charge in [-0.2, -0.15) is 10.5 Å². The lowest BCUT2D eigenvalue weighted by Gasteiger charge is -2.07. The minimum Gasteiger partial charge on any atom is -0.507 e. The Kier molecular flexibility index (Phi) is 3.42. The highest BCUT2D eigenvalue weighted by Gasteiger charge is 2.28. The van der Waals surface area contributed by atoms with E-state index in [4.69, 9.17) is 10.5 Å². The van der Waals surface area contributed by atoms with Crippen molar-refractivity contribution in [3.63, 3.8) is 0 Å². The van der Waals surface area contributed by atoms with Crippen molar-refractivity contribution in [1.29, 1.82) is 10.5 Å². The normalized spacial score (nSPS) is 12.7. The molecule has 0 atom stereocenters. The first-order chi connectivity index (χ1) is 8.62. The van der Waals surface area contributed by atoms with Crippen molar-refractivity contribution in [2.45, 2.75) is 23.1 Å². The van der Waals surface area contributed by atoms with E-state index in [1.807, 2.05) is 19.1 Å². The molecule has 1 aliphatic heterocycles. The largest absolute Gasteiger partial charge is 0.507 e. The van der Waals surface area contributed by atoms with Gasteiger partial charge in [0, 0.05) is 0 Å². The summed E-state index contributed by atoms with van der Waals surface area (Å²) in [5.74, 6) is 0.190.